The second-order valence-electron chi connectivity index (χ2n) is 7.72. The van der Waals surface area contributed by atoms with Gasteiger partial charge in [-0.1, -0.05) is 12.1 Å². The maximum absolute atomic E-state index is 14.7. The molecule has 0 saturated carbocycles. The predicted molar refractivity (Wildman–Crippen MR) is 122 cm³/mol. The molecule has 1 aromatic heterocycles. The van der Waals surface area contributed by atoms with Gasteiger partial charge in [0.2, 0.25) is 0 Å². The number of rotatable bonds is 5. The molecule has 0 unspecified atom stereocenters. The van der Waals surface area contributed by atoms with Gasteiger partial charge in [-0.05, 0) is 36.8 Å². The van der Waals surface area contributed by atoms with Crippen molar-refractivity contribution in [3.8, 4) is 0 Å². The lowest BCUT2D eigenvalue weighted by Crippen LogP contribution is -2.52. The Kier molecular flexibility index (Phi) is 7.19. The minimum Gasteiger partial charge on any atom is -0.378 e. The molecule has 2 saturated heterocycles. The van der Waals surface area contributed by atoms with Crippen molar-refractivity contribution in [1.82, 2.24) is 15.2 Å². The van der Waals surface area contributed by atoms with Gasteiger partial charge in [0.25, 0.3) is 0 Å². The third kappa shape index (κ3) is 5.44. The molecule has 2 aliphatic heterocycles. The van der Waals surface area contributed by atoms with E-state index in [0.717, 1.165) is 63.2 Å². The van der Waals surface area contributed by atoms with Crippen LogP contribution < -0.4 is 15.1 Å². The quantitative estimate of drug-likeness (QED) is 0.585. The lowest BCUT2D eigenvalue weighted by molar-refractivity contribution is 0.122. The molecule has 7 nitrogen and oxygen atoms in total. The van der Waals surface area contributed by atoms with Crippen molar-refractivity contribution in [3.05, 3.63) is 54.0 Å². The van der Waals surface area contributed by atoms with Crippen molar-refractivity contribution in [2.75, 3.05) is 68.8 Å². The van der Waals surface area contributed by atoms with Gasteiger partial charge in [-0.15, -0.1) is 0 Å². The smallest absolute Gasteiger partial charge is 0.194 e. The van der Waals surface area contributed by atoms with Crippen molar-refractivity contribution in [2.45, 2.75) is 13.5 Å². The monoisotopic (exact) mass is 426 g/mol. The van der Waals surface area contributed by atoms with Crippen LogP contribution in [0, 0.1) is 5.82 Å². The summed E-state index contributed by atoms with van der Waals surface area (Å²) in [7, 11) is 0. The number of hydrogen-bond acceptors (Lipinski definition) is 5. The minimum atomic E-state index is -0.191. The highest BCUT2D eigenvalue weighted by Gasteiger charge is 2.20. The fraction of sp³-hybridized carbons (Fsp3) is 0.478. The summed E-state index contributed by atoms with van der Waals surface area (Å²) >= 11 is 0. The zero-order valence-electron chi connectivity index (χ0n) is 18.1. The highest BCUT2D eigenvalue weighted by Crippen LogP contribution is 2.22. The molecule has 2 fully saturated rings. The summed E-state index contributed by atoms with van der Waals surface area (Å²) in [4.78, 5) is 15.8. The van der Waals surface area contributed by atoms with Gasteiger partial charge in [0, 0.05) is 52.0 Å². The molecule has 166 valence electrons. The van der Waals surface area contributed by atoms with Gasteiger partial charge in [0.15, 0.2) is 5.96 Å². The van der Waals surface area contributed by atoms with E-state index < -0.39 is 0 Å². The Balaban J connectivity index is 1.38. The molecule has 0 radical (unpaired) electrons. The van der Waals surface area contributed by atoms with Crippen LogP contribution in [0.2, 0.25) is 0 Å². The van der Waals surface area contributed by atoms with E-state index >= 15 is 0 Å². The van der Waals surface area contributed by atoms with Crippen molar-refractivity contribution in [2.24, 2.45) is 4.99 Å². The number of hydrogen-bond donors (Lipinski definition) is 1. The minimum absolute atomic E-state index is 0.191. The van der Waals surface area contributed by atoms with E-state index in [1.54, 1.807) is 6.07 Å². The van der Waals surface area contributed by atoms with Crippen molar-refractivity contribution >= 4 is 17.5 Å². The number of anilines is 2. The topological polar surface area (TPSA) is 56.2 Å². The largest absolute Gasteiger partial charge is 0.378 e. The van der Waals surface area contributed by atoms with E-state index in [0.29, 0.717) is 25.4 Å². The number of halogens is 1. The van der Waals surface area contributed by atoms with Crippen LogP contribution in [0.3, 0.4) is 0 Å². The number of pyridine rings is 1. The zero-order chi connectivity index (χ0) is 21.5. The molecule has 8 heteroatoms. The van der Waals surface area contributed by atoms with Gasteiger partial charge in [-0.25, -0.2) is 14.4 Å². The summed E-state index contributed by atoms with van der Waals surface area (Å²) in [5.74, 6) is 1.70. The average Bonchev–Trinajstić information content (AvgIpc) is 2.83. The van der Waals surface area contributed by atoms with E-state index in [1.807, 2.05) is 41.4 Å². The second kappa shape index (κ2) is 10.4. The summed E-state index contributed by atoms with van der Waals surface area (Å²) in [6.07, 6.45) is 1.83. The number of nitrogens with one attached hydrogen (secondary N) is 1. The number of piperazine rings is 1. The first-order chi connectivity index (χ1) is 15.2. The van der Waals surface area contributed by atoms with Crippen LogP contribution in [0.15, 0.2) is 47.6 Å². The Hall–Kier alpha value is -2.87. The van der Waals surface area contributed by atoms with E-state index in [1.165, 1.54) is 0 Å². The third-order valence-electron chi connectivity index (χ3n) is 5.66. The number of aliphatic imine (C=N–C) groups is 1. The van der Waals surface area contributed by atoms with E-state index in [2.05, 4.69) is 27.0 Å². The van der Waals surface area contributed by atoms with E-state index in [4.69, 9.17) is 9.73 Å². The predicted octanol–water partition coefficient (Wildman–Crippen LogP) is 2.34. The van der Waals surface area contributed by atoms with Gasteiger partial charge in [0.1, 0.15) is 11.6 Å². The number of nitrogens with zero attached hydrogens (tertiary/aromatic N) is 5. The molecule has 1 N–H and O–H groups in total. The van der Waals surface area contributed by atoms with Crippen LogP contribution in [0.25, 0.3) is 0 Å². The molecule has 1 aromatic carbocycles. The number of ether oxygens (including phenoxy) is 1. The van der Waals surface area contributed by atoms with Gasteiger partial charge in [-0.3, -0.25) is 0 Å². The molecule has 0 bridgehead atoms. The van der Waals surface area contributed by atoms with Gasteiger partial charge < -0.3 is 24.8 Å². The summed E-state index contributed by atoms with van der Waals surface area (Å²) in [6, 6.07) is 11.4. The van der Waals surface area contributed by atoms with E-state index in [-0.39, 0.29) is 5.82 Å². The number of benzene rings is 1. The molecule has 3 heterocycles. The van der Waals surface area contributed by atoms with Gasteiger partial charge in [0.05, 0.1) is 25.4 Å². The van der Waals surface area contributed by atoms with Crippen molar-refractivity contribution in [3.63, 3.8) is 0 Å². The van der Waals surface area contributed by atoms with Crippen molar-refractivity contribution < 1.29 is 9.13 Å². The first kappa shape index (κ1) is 21.4. The number of guanidine groups is 1. The first-order valence-electron chi connectivity index (χ1n) is 11.0. The van der Waals surface area contributed by atoms with Gasteiger partial charge >= 0.3 is 0 Å². The maximum atomic E-state index is 14.7. The van der Waals surface area contributed by atoms with Crippen LogP contribution in [0.5, 0.6) is 0 Å². The Bertz CT molecular complexity index is 864. The highest BCUT2D eigenvalue weighted by molar-refractivity contribution is 5.80. The van der Waals surface area contributed by atoms with Crippen LogP contribution >= 0.6 is 0 Å². The zero-order valence-corrected chi connectivity index (χ0v) is 18.1. The lowest BCUT2D eigenvalue weighted by Gasteiger charge is -2.37. The van der Waals surface area contributed by atoms with Crippen molar-refractivity contribution in [1.29, 1.82) is 0 Å². The first-order valence-corrected chi connectivity index (χ1v) is 11.0. The summed E-state index contributed by atoms with van der Waals surface area (Å²) < 4.78 is 20.1. The van der Waals surface area contributed by atoms with Crippen LogP contribution in [-0.4, -0.2) is 74.9 Å². The molecule has 2 aliphatic rings. The Labute approximate surface area is 183 Å². The lowest BCUT2D eigenvalue weighted by atomic mass is 10.1. The highest BCUT2D eigenvalue weighted by atomic mass is 19.1. The fourth-order valence-corrected chi connectivity index (χ4v) is 3.99. The molecular formula is C23H31FN6O. The summed E-state index contributed by atoms with van der Waals surface area (Å²) in [6.45, 7) is 9.57. The molecule has 31 heavy (non-hydrogen) atoms. The Morgan fingerprint density at radius 3 is 2.55 bits per heavy atom. The Morgan fingerprint density at radius 1 is 1.06 bits per heavy atom. The normalized spacial score (nSPS) is 17.7. The molecular weight excluding hydrogens is 395 g/mol. The van der Waals surface area contributed by atoms with E-state index in [9.17, 15) is 4.39 Å². The van der Waals surface area contributed by atoms with Crippen LogP contribution in [0.4, 0.5) is 15.9 Å². The summed E-state index contributed by atoms with van der Waals surface area (Å²) in [5.41, 5.74) is 1.52. The average molecular weight is 427 g/mol. The number of aromatic nitrogens is 1. The maximum Gasteiger partial charge on any atom is 0.194 e. The standard InChI is InChI=1S/C23H31FN6O/c1-2-25-23(30-11-9-29(10-12-30)22-5-3-4-8-26-22)27-18-19-6-7-21(20(24)17-19)28-13-15-31-16-14-28/h3-8,17H,2,9-16,18H2,1H3,(H,25,27). The number of morpholine rings is 1. The van der Waals surface area contributed by atoms with Gasteiger partial charge in [-0.2, -0.15) is 0 Å². The Morgan fingerprint density at radius 2 is 1.87 bits per heavy atom. The molecule has 0 spiro atoms. The molecule has 0 aliphatic carbocycles. The molecule has 4 rings (SSSR count). The van der Waals surface area contributed by atoms with Crippen LogP contribution in [0.1, 0.15) is 12.5 Å². The van der Waals surface area contributed by atoms with Crippen LogP contribution in [-0.2, 0) is 11.3 Å². The second-order valence-corrected chi connectivity index (χ2v) is 7.72. The molecule has 2 aromatic rings. The SMILES string of the molecule is CCNC(=NCc1ccc(N2CCOCC2)c(F)c1)N1CCN(c2ccccn2)CC1. The summed E-state index contributed by atoms with van der Waals surface area (Å²) in [5, 5.41) is 3.38. The third-order valence-corrected chi connectivity index (χ3v) is 5.66. The fourth-order valence-electron chi connectivity index (χ4n) is 3.99. The molecule has 0 atom stereocenters. The molecule has 0 amide bonds.